The molecule has 0 aromatic carbocycles. The molecule has 0 heterocycles. The van der Waals surface area contributed by atoms with Crippen molar-refractivity contribution in [2.75, 3.05) is 0 Å². The third-order valence-electron chi connectivity index (χ3n) is 0.111. The predicted octanol–water partition coefficient (Wildman–Crippen LogP) is -1.98. The fourth-order valence-electron chi connectivity index (χ4n) is 0.0227. The summed E-state index contributed by atoms with van der Waals surface area (Å²) in [5.74, 6) is 0. The van der Waals surface area contributed by atoms with Crippen LogP contribution in [0.1, 0.15) is 0 Å². The van der Waals surface area contributed by atoms with Crippen LogP contribution < -0.4 is 0 Å². The first-order valence-electron chi connectivity index (χ1n) is 0.943. The van der Waals surface area contributed by atoms with Crippen LogP contribution in [0.4, 0.5) is 0 Å². The Bertz CT molecular complexity index is 42.2. The molecule has 0 spiro atoms. The summed E-state index contributed by atoms with van der Waals surface area (Å²) in [4.78, 5) is 17.9. The molecule has 0 aromatic rings. The van der Waals surface area contributed by atoms with Gasteiger partial charge in [-0.2, -0.15) is 0 Å². The quantitative estimate of drug-likeness (QED) is 0.252. The van der Waals surface area contributed by atoms with Crippen molar-refractivity contribution in [2.24, 2.45) is 0 Å². The van der Waals surface area contributed by atoms with E-state index in [0.29, 0.717) is 0 Å². The van der Waals surface area contributed by atoms with Gasteiger partial charge in [0.15, 0.2) is 0 Å². The minimum atomic E-state index is 0. The fourth-order valence-corrected chi connectivity index (χ4v) is 0.0227. The number of carbonyl (C=O) groups excluding carboxylic acids is 2. The van der Waals surface area contributed by atoms with Gasteiger partial charge in [0.25, 0.3) is 0 Å². The van der Waals surface area contributed by atoms with Crippen molar-refractivity contribution >= 4 is 93.9 Å². The molecule has 0 aliphatic carbocycles. The van der Waals surface area contributed by atoms with E-state index in [2.05, 4.69) is 4.74 Å². The molecule has 0 radical (unpaired) electrons. The van der Waals surface area contributed by atoms with Gasteiger partial charge >= 0.3 is 93.9 Å². The predicted molar refractivity (Wildman–Crippen MR) is 27.5 cm³/mol. The Labute approximate surface area is 106 Å². The Morgan fingerprint density at radius 3 is 1.43 bits per heavy atom. The molecule has 0 fully saturated rings. The van der Waals surface area contributed by atoms with Gasteiger partial charge in [-0.1, -0.05) is 0 Å². The molecule has 0 bridgehead atoms. The third kappa shape index (κ3) is 18.2. The molecule has 0 saturated carbocycles. The summed E-state index contributed by atoms with van der Waals surface area (Å²) in [5.41, 5.74) is 0. The van der Waals surface area contributed by atoms with Crippen LogP contribution in [0, 0.1) is 0 Å². The first-order valence-corrected chi connectivity index (χ1v) is 0.943. The van der Waals surface area contributed by atoms with Crippen LogP contribution >= 0.6 is 0 Å². The van der Waals surface area contributed by atoms with E-state index >= 15 is 0 Å². The zero-order valence-electron chi connectivity index (χ0n) is 2.38. The number of ether oxygens (including phenoxy) is 1. The van der Waals surface area contributed by atoms with Crippen molar-refractivity contribution in [1.29, 1.82) is 0 Å². The van der Waals surface area contributed by atoms with E-state index in [1.54, 1.807) is 0 Å². The molecule has 0 amide bonds. The molecule has 0 aliphatic rings. The molecule has 5 heteroatoms. The number of rotatable bonds is 2. The molecule has 32 valence electrons. The maximum absolute atomic E-state index is 8.95. The van der Waals surface area contributed by atoms with Gasteiger partial charge in [0.1, 0.15) is 0 Å². The van der Waals surface area contributed by atoms with Gasteiger partial charge in [-0.3, -0.25) is 9.59 Å². The van der Waals surface area contributed by atoms with Gasteiger partial charge in [-0.25, -0.2) is 0 Å². The van der Waals surface area contributed by atoms with Gasteiger partial charge in [0.05, 0.1) is 0 Å². The van der Waals surface area contributed by atoms with Crippen molar-refractivity contribution in [3.8, 4) is 0 Å². The molecular formula is C2H4KNaO3. The zero-order chi connectivity index (χ0) is 4.12. The molecule has 3 nitrogen and oxygen atoms in total. The standard InChI is InChI=1S/C2H2O3.K.Na.2H/c3-1-5-2-4;;;;/h1-2H;;;;. The normalized spacial score (nSPS) is 4.00. The average molecular weight is 138 g/mol. The van der Waals surface area contributed by atoms with Crippen LogP contribution in [-0.2, 0) is 14.3 Å². The molecule has 0 aliphatic heterocycles. The van der Waals surface area contributed by atoms with Crippen molar-refractivity contribution in [3.63, 3.8) is 0 Å². The summed E-state index contributed by atoms with van der Waals surface area (Å²) >= 11 is 0. The van der Waals surface area contributed by atoms with E-state index in [1.165, 1.54) is 0 Å². The molecule has 0 unspecified atom stereocenters. The summed E-state index contributed by atoms with van der Waals surface area (Å²) in [7, 11) is 0. The Morgan fingerprint density at radius 1 is 1.14 bits per heavy atom. The van der Waals surface area contributed by atoms with Crippen LogP contribution in [0.25, 0.3) is 0 Å². The summed E-state index contributed by atoms with van der Waals surface area (Å²) in [5, 5.41) is 0. The van der Waals surface area contributed by atoms with Gasteiger partial charge < -0.3 is 4.74 Å². The second-order valence-corrected chi connectivity index (χ2v) is 0.329. The molecule has 0 saturated heterocycles. The van der Waals surface area contributed by atoms with E-state index in [4.69, 9.17) is 9.59 Å². The van der Waals surface area contributed by atoms with Crippen molar-refractivity contribution in [1.82, 2.24) is 0 Å². The van der Waals surface area contributed by atoms with E-state index in [0.717, 1.165) is 0 Å². The Kier molecular flexibility index (Phi) is 35.6. The fraction of sp³-hybridized carbons (Fsp3) is 0. The topological polar surface area (TPSA) is 43.4 Å². The Morgan fingerprint density at radius 2 is 1.43 bits per heavy atom. The molecule has 0 atom stereocenters. The van der Waals surface area contributed by atoms with Gasteiger partial charge in [-0.05, 0) is 0 Å². The number of hydrogen-bond donors (Lipinski definition) is 0. The summed E-state index contributed by atoms with van der Waals surface area (Å²) < 4.78 is 3.47. The van der Waals surface area contributed by atoms with E-state index in [9.17, 15) is 0 Å². The minimum absolute atomic E-state index is 0. The van der Waals surface area contributed by atoms with Crippen LogP contribution in [0.2, 0.25) is 0 Å². The SMILES string of the molecule is O=COC=O.[KH].[NaH]. The van der Waals surface area contributed by atoms with Crippen molar-refractivity contribution in [2.45, 2.75) is 0 Å². The number of carbonyl (C=O) groups is 2. The van der Waals surface area contributed by atoms with Gasteiger partial charge in [0.2, 0.25) is 0 Å². The second-order valence-electron chi connectivity index (χ2n) is 0.329. The summed E-state index contributed by atoms with van der Waals surface area (Å²) in [6.07, 6.45) is 0. The average Bonchev–Trinajstić information content (AvgIpc) is 1.41. The Hall–Kier alpha value is 1.78. The summed E-state index contributed by atoms with van der Waals surface area (Å²) in [6.45, 7) is 0.125. The summed E-state index contributed by atoms with van der Waals surface area (Å²) in [6, 6.07) is 0. The number of hydrogen-bond acceptors (Lipinski definition) is 3. The molecular weight excluding hydrogens is 134 g/mol. The van der Waals surface area contributed by atoms with Gasteiger partial charge in [-0.15, -0.1) is 0 Å². The molecule has 0 aromatic heterocycles. The van der Waals surface area contributed by atoms with Gasteiger partial charge in [0, 0.05) is 0 Å². The second kappa shape index (κ2) is 15.7. The Balaban J connectivity index is -0.0000000800. The van der Waals surface area contributed by atoms with Crippen LogP contribution in [-0.4, -0.2) is 93.9 Å². The molecule has 0 rings (SSSR count). The zero-order valence-corrected chi connectivity index (χ0v) is 2.38. The van der Waals surface area contributed by atoms with Crippen LogP contribution in [0.3, 0.4) is 0 Å². The monoisotopic (exact) mass is 138 g/mol. The van der Waals surface area contributed by atoms with Crippen LogP contribution in [0.5, 0.6) is 0 Å². The van der Waals surface area contributed by atoms with E-state index < -0.39 is 0 Å². The molecule has 7 heavy (non-hydrogen) atoms. The molecule has 0 N–H and O–H groups in total. The van der Waals surface area contributed by atoms with E-state index in [-0.39, 0.29) is 93.9 Å². The first-order chi connectivity index (χ1) is 2.41. The van der Waals surface area contributed by atoms with Crippen molar-refractivity contribution in [3.05, 3.63) is 0 Å². The first kappa shape index (κ1) is 15.9. The maximum atomic E-state index is 8.95. The van der Waals surface area contributed by atoms with Crippen molar-refractivity contribution < 1.29 is 14.3 Å². The van der Waals surface area contributed by atoms with Crippen LogP contribution in [0.15, 0.2) is 0 Å². The van der Waals surface area contributed by atoms with E-state index in [1.807, 2.05) is 0 Å². The third-order valence-corrected chi connectivity index (χ3v) is 0.111.